The van der Waals surface area contributed by atoms with Gasteiger partial charge in [-0.2, -0.15) is 0 Å². The highest BCUT2D eigenvalue weighted by molar-refractivity contribution is 6.05. The number of carboxylic acids is 1. The van der Waals surface area contributed by atoms with Crippen molar-refractivity contribution in [1.82, 2.24) is 4.57 Å². The summed E-state index contributed by atoms with van der Waals surface area (Å²) in [6.45, 7) is 5.35. The lowest BCUT2D eigenvalue weighted by atomic mass is 9.84. The molecule has 0 aliphatic rings. The van der Waals surface area contributed by atoms with Crippen LogP contribution in [0, 0.1) is 24.5 Å². The third-order valence-electron chi connectivity index (χ3n) is 5.61. The molecule has 0 saturated heterocycles. The van der Waals surface area contributed by atoms with Gasteiger partial charge in [-0.05, 0) is 48.7 Å². The van der Waals surface area contributed by atoms with E-state index in [1.807, 2.05) is 13.8 Å². The van der Waals surface area contributed by atoms with E-state index in [9.17, 15) is 23.5 Å². The van der Waals surface area contributed by atoms with Gasteiger partial charge >= 0.3 is 5.97 Å². The number of aromatic nitrogens is 1. The molecule has 0 aliphatic carbocycles. The number of hydrogen-bond acceptors (Lipinski definition) is 3. The van der Waals surface area contributed by atoms with Crippen LogP contribution in [0.5, 0.6) is 5.75 Å². The molecule has 1 heterocycles. The van der Waals surface area contributed by atoms with Crippen molar-refractivity contribution in [3.63, 3.8) is 0 Å². The monoisotopic (exact) mass is 415 g/mol. The van der Waals surface area contributed by atoms with Crippen molar-refractivity contribution in [2.45, 2.75) is 33.1 Å². The fourth-order valence-corrected chi connectivity index (χ4v) is 3.86. The van der Waals surface area contributed by atoms with Gasteiger partial charge in [-0.15, -0.1) is 0 Å². The lowest BCUT2D eigenvalue weighted by Crippen LogP contribution is -2.21. The summed E-state index contributed by atoms with van der Waals surface area (Å²) in [7, 11) is 1.32. The Morgan fingerprint density at radius 3 is 2.33 bits per heavy atom. The van der Waals surface area contributed by atoms with Crippen molar-refractivity contribution in [3.8, 4) is 5.75 Å². The van der Waals surface area contributed by atoms with Crippen LogP contribution in [0.25, 0.3) is 10.9 Å². The van der Waals surface area contributed by atoms with E-state index in [1.54, 1.807) is 6.92 Å². The highest BCUT2D eigenvalue weighted by atomic mass is 19.1. The molecule has 5 nitrogen and oxygen atoms in total. The van der Waals surface area contributed by atoms with Crippen molar-refractivity contribution < 1.29 is 28.2 Å². The van der Waals surface area contributed by atoms with Gasteiger partial charge in [0.15, 0.2) is 11.6 Å². The van der Waals surface area contributed by atoms with Gasteiger partial charge in [0, 0.05) is 22.7 Å². The molecule has 1 unspecified atom stereocenters. The average molecular weight is 415 g/mol. The lowest BCUT2D eigenvalue weighted by molar-refractivity contribution is -0.140. The first-order valence-electron chi connectivity index (χ1n) is 9.62. The largest absolute Gasteiger partial charge is 0.494 e. The van der Waals surface area contributed by atoms with Gasteiger partial charge in [-0.1, -0.05) is 20.3 Å². The summed E-state index contributed by atoms with van der Waals surface area (Å²) in [6.07, 6.45) is 0.604. The molecule has 0 aliphatic heterocycles. The first-order valence-corrected chi connectivity index (χ1v) is 9.62. The second kappa shape index (κ2) is 8.26. The maximum absolute atomic E-state index is 14.5. The number of ether oxygens (including phenoxy) is 1. The molecule has 0 bridgehead atoms. The molecular weight excluding hydrogens is 392 g/mol. The van der Waals surface area contributed by atoms with Crippen molar-refractivity contribution in [2.75, 3.05) is 7.11 Å². The molecule has 0 fully saturated rings. The first kappa shape index (κ1) is 21.5. The molecule has 0 radical (unpaired) electrons. The van der Waals surface area contributed by atoms with Crippen molar-refractivity contribution in [3.05, 3.63) is 64.9 Å². The number of nitrogens with zero attached hydrogens (tertiary/aromatic N) is 1. The van der Waals surface area contributed by atoms with E-state index in [0.717, 1.165) is 12.1 Å². The zero-order valence-electron chi connectivity index (χ0n) is 17.2. The van der Waals surface area contributed by atoms with Crippen LogP contribution in [0.2, 0.25) is 0 Å². The summed E-state index contributed by atoms with van der Waals surface area (Å²) in [5.41, 5.74) is 1.29. The third kappa shape index (κ3) is 3.56. The van der Waals surface area contributed by atoms with Crippen LogP contribution in [-0.2, 0) is 4.79 Å². The summed E-state index contributed by atoms with van der Waals surface area (Å²) in [6, 6.07) is 7.61. The second-order valence-electron chi connectivity index (χ2n) is 7.35. The number of hydrogen-bond donors (Lipinski definition) is 1. The Labute approximate surface area is 172 Å². The number of rotatable bonds is 6. The number of carbonyl (C=O) groups is 2. The molecule has 3 aromatic rings. The Kier molecular flexibility index (Phi) is 5.92. The maximum atomic E-state index is 14.5. The molecule has 1 aromatic heterocycles. The molecule has 158 valence electrons. The van der Waals surface area contributed by atoms with E-state index in [4.69, 9.17) is 4.74 Å². The van der Waals surface area contributed by atoms with Gasteiger partial charge < -0.3 is 9.84 Å². The summed E-state index contributed by atoms with van der Waals surface area (Å²) >= 11 is 0. The number of halogens is 2. The van der Waals surface area contributed by atoms with Crippen molar-refractivity contribution in [2.24, 2.45) is 5.92 Å². The molecule has 1 N–H and O–H groups in total. The van der Waals surface area contributed by atoms with Crippen LogP contribution < -0.4 is 4.74 Å². The summed E-state index contributed by atoms with van der Waals surface area (Å²) < 4.78 is 34.2. The maximum Gasteiger partial charge on any atom is 0.311 e. The minimum absolute atomic E-state index is 0.0385. The van der Waals surface area contributed by atoms with Crippen LogP contribution in [0.4, 0.5) is 8.78 Å². The van der Waals surface area contributed by atoms with E-state index < -0.39 is 29.4 Å². The molecule has 7 heteroatoms. The van der Waals surface area contributed by atoms with Gasteiger partial charge in [0.1, 0.15) is 5.82 Å². The number of carboxylic acid groups (broad SMARTS) is 1. The highest BCUT2D eigenvalue weighted by Crippen LogP contribution is 2.39. The molecule has 30 heavy (non-hydrogen) atoms. The summed E-state index contributed by atoms with van der Waals surface area (Å²) in [5, 5.41) is 10.4. The van der Waals surface area contributed by atoms with Crippen molar-refractivity contribution >= 4 is 22.8 Å². The van der Waals surface area contributed by atoms with Crippen LogP contribution in [0.3, 0.4) is 0 Å². The minimum atomic E-state index is -1.02. The van der Waals surface area contributed by atoms with Crippen LogP contribution >= 0.6 is 0 Å². The number of aliphatic carboxylic acids is 1. The molecule has 0 amide bonds. The van der Waals surface area contributed by atoms with Crippen LogP contribution in [0.15, 0.2) is 36.4 Å². The third-order valence-corrected chi connectivity index (χ3v) is 5.61. The van der Waals surface area contributed by atoms with Gasteiger partial charge in [0.25, 0.3) is 5.91 Å². The second-order valence-corrected chi connectivity index (χ2v) is 7.35. The predicted octanol–water partition coefficient (Wildman–Crippen LogP) is 5.14. The SMILES string of the molecule is CC[C@@H](C)C(C(=O)O)c1c(C)n(C(=O)c2ccc(F)cc2)c2cc(F)c(OC)cc12. The van der Waals surface area contributed by atoms with Crippen LogP contribution in [-0.4, -0.2) is 28.7 Å². The van der Waals surface area contributed by atoms with E-state index in [1.165, 1.54) is 35.9 Å². The molecule has 0 saturated carbocycles. The van der Waals surface area contributed by atoms with Crippen LogP contribution in [0.1, 0.15) is 47.8 Å². The van der Waals surface area contributed by atoms with Gasteiger partial charge in [-0.25, -0.2) is 8.78 Å². The molecular formula is C23H23F2NO4. The molecule has 2 aromatic carbocycles. The Morgan fingerprint density at radius 1 is 1.17 bits per heavy atom. The molecule has 3 rings (SSSR count). The topological polar surface area (TPSA) is 68.5 Å². The number of fused-ring (bicyclic) bond motifs is 1. The van der Waals surface area contributed by atoms with E-state index >= 15 is 0 Å². The Morgan fingerprint density at radius 2 is 1.80 bits per heavy atom. The Bertz CT molecular complexity index is 1120. The Balaban J connectivity index is 2.36. The zero-order valence-corrected chi connectivity index (χ0v) is 17.2. The average Bonchev–Trinajstić information content (AvgIpc) is 2.98. The molecule has 0 spiro atoms. The van der Waals surface area contributed by atoms with Gasteiger partial charge in [0.05, 0.1) is 18.5 Å². The number of carbonyl (C=O) groups excluding carboxylic acids is 1. The predicted molar refractivity (Wildman–Crippen MR) is 109 cm³/mol. The lowest BCUT2D eigenvalue weighted by Gasteiger charge is -2.20. The highest BCUT2D eigenvalue weighted by Gasteiger charge is 2.33. The number of benzene rings is 2. The fraction of sp³-hybridized carbons (Fsp3) is 0.304. The van der Waals surface area contributed by atoms with E-state index in [-0.39, 0.29) is 22.7 Å². The van der Waals surface area contributed by atoms with E-state index in [2.05, 4.69) is 0 Å². The molecule has 2 atom stereocenters. The summed E-state index contributed by atoms with van der Waals surface area (Å²) in [5.74, 6) is -3.83. The van der Waals surface area contributed by atoms with Gasteiger partial charge in [0.2, 0.25) is 0 Å². The summed E-state index contributed by atoms with van der Waals surface area (Å²) in [4.78, 5) is 25.4. The normalized spacial score (nSPS) is 13.3. The zero-order chi connectivity index (χ0) is 22.2. The first-order chi connectivity index (χ1) is 14.2. The van der Waals surface area contributed by atoms with E-state index in [0.29, 0.717) is 23.1 Å². The van der Waals surface area contributed by atoms with Crippen molar-refractivity contribution in [1.29, 1.82) is 0 Å². The quantitative estimate of drug-likeness (QED) is 0.605. The smallest absolute Gasteiger partial charge is 0.311 e. The van der Waals surface area contributed by atoms with Gasteiger partial charge in [-0.3, -0.25) is 14.2 Å². The minimum Gasteiger partial charge on any atom is -0.494 e. The standard InChI is InChI=1S/C23H23F2NO4/c1-5-12(2)20(23(28)29)21-13(3)26(22(27)14-6-8-15(24)9-7-14)18-11-17(25)19(30-4)10-16(18)21/h6-12,20H,5H2,1-4H3,(H,28,29)/t12-,20?/m1/s1. The number of methoxy groups -OCH3 is 1. The Hall–Kier alpha value is -3.22. The fourth-order valence-electron chi connectivity index (χ4n) is 3.86.